The van der Waals surface area contributed by atoms with E-state index >= 15 is 0 Å². The van der Waals surface area contributed by atoms with E-state index < -0.39 is 5.41 Å². The largest absolute Gasteiger partial charge is 0.409 e. The van der Waals surface area contributed by atoms with Gasteiger partial charge in [-0.05, 0) is 44.8 Å². The second kappa shape index (κ2) is 5.38. The maximum Gasteiger partial charge on any atom is 0.234 e. The first-order valence-electron chi connectivity index (χ1n) is 6.44. The van der Waals surface area contributed by atoms with Crippen molar-refractivity contribution < 1.29 is 10.0 Å². The second-order valence-electron chi connectivity index (χ2n) is 5.25. The van der Waals surface area contributed by atoms with Crippen molar-refractivity contribution in [3.63, 3.8) is 0 Å². The van der Waals surface area contributed by atoms with Crippen molar-refractivity contribution >= 4 is 23.5 Å². The Balaban J connectivity index is 1.86. The van der Waals surface area contributed by atoms with Crippen molar-refractivity contribution in [3.8, 4) is 0 Å². The van der Waals surface area contributed by atoms with Crippen molar-refractivity contribution in [2.45, 2.75) is 49.8 Å². The molecule has 102 valence electrons. The minimum atomic E-state index is -0.717. The normalized spacial score (nSPS) is 30.8. The lowest BCUT2D eigenvalue weighted by atomic mass is 9.94. The van der Waals surface area contributed by atoms with E-state index in [0.29, 0.717) is 12.8 Å². The maximum atomic E-state index is 12.2. The van der Waals surface area contributed by atoms with Crippen molar-refractivity contribution in [3.05, 3.63) is 0 Å². The Morgan fingerprint density at radius 2 is 2.00 bits per heavy atom. The Morgan fingerprint density at radius 3 is 2.44 bits per heavy atom. The zero-order valence-corrected chi connectivity index (χ0v) is 11.5. The molecule has 2 saturated carbocycles. The monoisotopic (exact) mass is 271 g/mol. The summed E-state index contributed by atoms with van der Waals surface area (Å²) in [6.45, 7) is 0. The number of nitrogens with two attached hydrogens (primary N) is 1. The summed E-state index contributed by atoms with van der Waals surface area (Å²) in [7, 11) is 0. The standard InChI is InChI=1S/C12H21N3O2S/c1-18-9-4-2-8(3-5-9)14-11(16)12(6-7-12)10(13)15-17/h8-9,17H,2-7H2,1H3,(H2,13,15)(H,14,16). The van der Waals surface area contributed by atoms with Gasteiger partial charge in [0.15, 0.2) is 5.84 Å². The van der Waals surface area contributed by atoms with Gasteiger partial charge >= 0.3 is 0 Å². The summed E-state index contributed by atoms with van der Waals surface area (Å²) in [4.78, 5) is 12.2. The average molecular weight is 271 g/mol. The van der Waals surface area contributed by atoms with Gasteiger partial charge in [-0.2, -0.15) is 11.8 Å². The van der Waals surface area contributed by atoms with Crippen LogP contribution in [0.25, 0.3) is 0 Å². The predicted molar refractivity (Wildman–Crippen MR) is 72.8 cm³/mol. The second-order valence-corrected chi connectivity index (χ2v) is 6.39. The highest BCUT2D eigenvalue weighted by molar-refractivity contribution is 7.99. The minimum absolute atomic E-state index is 0.0535. The van der Waals surface area contributed by atoms with Gasteiger partial charge < -0.3 is 16.3 Å². The molecule has 0 aromatic rings. The molecule has 0 aliphatic heterocycles. The molecule has 0 atom stereocenters. The molecule has 6 heteroatoms. The maximum absolute atomic E-state index is 12.2. The molecule has 18 heavy (non-hydrogen) atoms. The summed E-state index contributed by atoms with van der Waals surface area (Å²) in [5.41, 5.74) is 4.88. The Kier molecular flexibility index (Phi) is 4.04. The molecule has 5 nitrogen and oxygen atoms in total. The first-order chi connectivity index (χ1) is 8.62. The Labute approximate surface area is 112 Å². The van der Waals surface area contributed by atoms with Crippen LogP contribution in [0.1, 0.15) is 38.5 Å². The van der Waals surface area contributed by atoms with E-state index in [2.05, 4.69) is 16.7 Å². The van der Waals surface area contributed by atoms with Crippen molar-refractivity contribution in [2.24, 2.45) is 16.3 Å². The lowest BCUT2D eigenvalue weighted by Gasteiger charge is -2.29. The number of thioether (sulfide) groups is 1. The Bertz CT molecular complexity index is 347. The number of carbonyl (C=O) groups excluding carboxylic acids is 1. The van der Waals surface area contributed by atoms with E-state index in [9.17, 15) is 4.79 Å². The molecule has 0 heterocycles. The number of hydrogen-bond donors (Lipinski definition) is 3. The van der Waals surface area contributed by atoms with E-state index in [1.807, 2.05) is 11.8 Å². The third-order valence-electron chi connectivity index (χ3n) is 4.13. The molecular formula is C12H21N3O2S. The van der Waals surface area contributed by atoms with Gasteiger partial charge in [-0.3, -0.25) is 4.79 Å². The van der Waals surface area contributed by atoms with Crippen LogP contribution in [-0.2, 0) is 4.79 Å². The molecule has 0 spiro atoms. The highest BCUT2D eigenvalue weighted by Crippen LogP contribution is 2.46. The van der Waals surface area contributed by atoms with E-state index in [0.717, 1.165) is 30.9 Å². The predicted octanol–water partition coefficient (Wildman–Crippen LogP) is 1.30. The van der Waals surface area contributed by atoms with Crippen LogP contribution >= 0.6 is 11.8 Å². The fourth-order valence-electron chi connectivity index (χ4n) is 2.59. The van der Waals surface area contributed by atoms with Crippen LogP contribution in [0, 0.1) is 5.41 Å². The molecule has 0 aromatic heterocycles. The quantitative estimate of drug-likeness (QED) is 0.311. The molecule has 0 unspecified atom stereocenters. The highest BCUT2D eigenvalue weighted by Gasteiger charge is 2.54. The van der Waals surface area contributed by atoms with E-state index in [-0.39, 0.29) is 17.8 Å². The third-order valence-corrected chi connectivity index (χ3v) is 5.26. The van der Waals surface area contributed by atoms with E-state index in [1.165, 1.54) is 0 Å². The van der Waals surface area contributed by atoms with Gasteiger partial charge in [0.2, 0.25) is 5.91 Å². The van der Waals surface area contributed by atoms with Crippen LogP contribution in [0.5, 0.6) is 0 Å². The number of oxime groups is 1. The zero-order valence-electron chi connectivity index (χ0n) is 10.7. The zero-order chi connectivity index (χ0) is 13.2. The number of nitrogens with one attached hydrogen (secondary N) is 1. The van der Waals surface area contributed by atoms with Gasteiger partial charge in [0.25, 0.3) is 0 Å². The lowest BCUT2D eigenvalue weighted by molar-refractivity contribution is -0.125. The first-order valence-corrected chi connectivity index (χ1v) is 7.73. The van der Waals surface area contributed by atoms with Crippen LogP contribution < -0.4 is 11.1 Å². The van der Waals surface area contributed by atoms with Gasteiger partial charge in [0, 0.05) is 11.3 Å². The average Bonchev–Trinajstić information content (AvgIpc) is 3.20. The van der Waals surface area contributed by atoms with Gasteiger partial charge in [-0.15, -0.1) is 0 Å². The lowest BCUT2D eigenvalue weighted by Crippen LogP contribution is -2.46. The summed E-state index contributed by atoms with van der Waals surface area (Å²) in [6.07, 6.45) is 7.89. The fourth-order valence-corrected chi connectivity index (χ4v) is 3.33. The van der Waals surface area contributed by atoms with Crippen molar-refractivity contribution in [1.82, 2.24) is 5.32 Å². The van der Waals surface area contributed by atoms with E-state index in [4.69, 9.17) is 10.9 Å². The molecule has 0 radical (unpaired) electrons. The van der Waals surface area contributed by atoms with Gasteiger partial charge in [-0.1, -0.05) is 5.16 Å². The molecule has 2 rings (SSSR count). The number of hydrogen-bond acceptors (Lipinski definition) is 4. The summed E-state index contributed by atoms with van der Waals surface area (Å²) < 4.78 is 0. The first kappa shape index (κ1) is 13.5. The molecule has 0 saturated heterocycles. The molecule has 2 fully saturated rings. The van der Waals surface area contributed by atoms with Gasteiger partial charge in [0.1, 0.15) is 5.41 Å². The number of amides is 1. The van der Waals surface area contributed by atoms with Crippen LogP contribution in [0.15, 0.2) is 5.16 Å². The van der Waals surface area contributed by atoms with Crippen molar-refractivity contribution in [2.75, 3.05) is 6.26 Å². The molecule has 0 aromatic carbocycles. The van der Waals surface area contributed by atoms with E-state index in [1.54, 1.807) is 0 Å². The van der Waals surface area contributed by atoms with Crippen LogP contribution in [-0.4, -0.2) is 34.5 Å². The fraction of sp³-hybridized carbons (Fsp3) is 0.833. The Hall–Kier alpha value is -0.910. The summed E-state index contributed by atoms with van der Waals surface area (Å²) in [5, 5.41) is 15.5. The van der Waals surface area contributed by atoms with Gasteiger partial charge in [0.05, 0.1) is 0 Å². The van der Waals surface area contributed by atoms with Crippen LogP contribution in [0.3, 0.4) is 0 Å². The molecule has 0 bridgehead atoms. The number of nitrogens with zero attached hydrogens (tertiary/aromatic N) is 1. The molecule has 2 aliphatic rings. The topological polar surface area (TPSA) is 87.7 Å². The molecular weight excluding hydrogens is 250 g/mol. The summed E-state index contributed by atoms with van der Waals surface area (Å²) in [6, 6.07) is 0.255. The Morgan fingerprint density at radius 1 is 1.39 bits per heavy atom. The number of rotatable bonds is 4. The van der Waals surface area contributed by atoms with Crippen LogP contribution in [0.2, 0.25) is 0 Å². The minimum Gasteiger partial charge on any atom is -0.409 e. The SMILES string of the molecule is CSC1CCC(NC(=O)C2(C(N)=NO)CC2)CC1. The molecule has 4 N–H and O–H groups in total. The third kappa shape index (κ3) is 2.58. The molecule has 2 aliphatic carbocycles. The van der Waals surface area contributed by atoms with Gasteiger partial charge in [-0.25, -0.2) is 0 Å². The van der Waals surface area contributed by atoms with Crippen molar-refractivity contribution in [1.29, 1.82) is 0 Å². The number of carbonyl (C=O) groups is 1. The highest BCUT2D eigenvalue weighted by atomic mass is 32.2. The summed E-state index contributed by atoms with van der Waals surface area (Å²) >= 11 is 1.91. The number of amidine groups is 1. The summed E-state index contributed by atoms with van der Waals surface area (Å²) in [5.74, 6) is -0.0109. The van der Waals surface area contributed by atoms with Crippen LogP contribution in [0.4, 0.5) is 0 Å². The molecule has 1 amide bonds. The smallest absolute Gasteiger partial charge is 0.234 e.